The van der Waals surface area contributed by atoms with Gasteiger partial charge >= 0.3 is 0 Å². The molecule has 0 spiro atoms. The van der Waals surface area contributed by atoms with Gasteiger partial charge in [-0.2, -0.15) is 0 Å². The predicted octanol–water partition coefficient (Wildman–Crippen LogP) is 3.99. The van der Waals surface area contributed by atoms with Crippen molar-refractivity contribution in [3.63, 3.8) is 0 Å². The van der Waals surface area contributed by atoms with E-state index in [0.717, 1.165) is 12.0 Å². The molecule has 6 heteroatoms. The van der Waals surface area contributed by atoms with E-state index in [9.17, 15) is 14.0 Å². The standard InChI is InChI=1S/C24H27FN2O3/c1-2-30-15-16-10-12-17(13-11-16)24(29)27-21-8-5-9-23(28)26-20(21)14-22(27)18-6-3-4-7-19(18)25/h3-4,6-7,10-13,20-22H,2,5,8-9,14-15H2,1H3,(H,26,28)/t20-,21+,22+/m0/s1. The Kier molecular flexibility index (Phi) is 6.13. The van der Waals surface area contributed by atoms with Crippen molar-refractivity contribution in [2.75, 3.05) is 6.61 Å². The van der Waals surface area contributed by atoms with Gasteiger partial charge < -0.3 is 15.0 Å². The molecule has 2 aliphatic heterocycles. The molecule has 4 rings (SSSR count). The van der Waals surface area contributed by atoms with Gasteiger partial charge in [0, 0.05) is 24.2 Å². The lowest BCUT2D eigenvalue weighted by Crippen LogP contribution is -2.45. The van der Waals surface area contributed by atoms with Crippen LogP contribution in [0.15, 0.2) is 48.5 Å². The van der Waals surface area contributed by atoms with Gasteiger partial charge in [-0.3, -0.25) is 9.59 Å². The molecule has 30 heavy (non-hydrogen) atoms. The minimum atomic E-state index is -0.407. The number of hydrogen-bond acceptors (Lipinski definition) is 3. The van der Waals surface area contributed by atoms with Crippen molar-refractivity contribution < 1.29 is 18.7 Å². The number of ether oxygens (including phenoxy) is 1. The Hall–Kier alpha value is -2.73. The fourth-order valence-electron chi connectivity index (χ4n) is 4.61. The Morgan fingerprint density at radius 3 is 2.70 bits per heavy atom. The summed E-state index contributed by atoms with van der Waals surface area (Å²) in [6, 6.07) is 13.3. The summed E-state index contributed by atoms with van der Waals surface area (Å²) >= 11 is 0. The Labute approximate surface area is 176 Å². The molecular formula is C24H27FN2O3. The summed E-state index contributed by atoms with van der Waals surface area (Å²) < 4.78 is 20.1. The van der Waals surface area contributed by atoms with Crippen LogP contribution in [-0.2, 0) is 16.1 Å². The normalized spacial score (nSPS) is 23.6. The lowest BCUT2D eigenvalue weighted by molar-refractivity contribution is -0.121. The third-order valence-electron chi connectivity index (χ3n) is 6.06. The molecule has 3 atom stereocenters. The third-order valence-corrected chi connectivity index (χ3v) is 6.06. The van der Waals surface area contributed by atoms with Crippen LogP contribution in [0.1, 0.15) is 60.1 Å². The highest BCUT2D eigenvalue weighted by Gasteiger charge is 2.46. The first-order valence-electron chi connectivity index (χ1n) is 10.6. The van der Waals surface area contributed by atoms with Crippen LogP contribution >= 0.6 is 0 Å². The highest BCUT2D eigenvalue weighted by Crippen LogP contribution is 2.41. The lowest BCUT2D eigenvalue weighted by Gasteiger charge is -2.31. The Bertz CT molecular complexity index is 915. The molecule has 1 N–H and O–H groups in total. The summed E-state index contributed by atoms with van der Waals surface area (Å²) in [6.45, 7) is 3.08. The molecule has 2 amide bonds. The molecule has 0 saturated carbocycles. The van der Waals surface area contributed by atoms with E-state index >= 15 is 0 Å². The third kappa shape index (κ3) is 4.10. The van der Waals surface area contributed by atoms with Gasteiger partial charge in [-0.1, -0.05) is 30.3 Å². The molecule has 2 aliphatic rings. The number of carbonyl (C=O) groups excluding carboxylic acids is 2. The van der Waals surface area contributed by atoms with Crippen molar-refractivity contribution in [2.24, 2.45) is 0 Å². The van der Waals surface area contributed by atoms with E-state index in [4.69, 9.17) is 4.74 Å². The average molecular weight is 410 g/mol. The smallest absolute Gasteiger partial charge is 0.254 e. The number of carbonyl (C=O) groups is 2. The van der Waals surface area contributed by atoms with Crippen LogP contribution in [0.3, 0.4) is 0 Å². The number of halogens is 1. The quantitative estimate of drug-likeness (QED) is 0.811. The fraction of sp³-hybridized carbons (Fsp3) is 0.417. The summed E-state index contributed by atoms with van der Waals surface area (Å²) in [7, 11) is 0. The second-order valence-electron chi connectivity index (χ2n) is 7.95. The van der Waals surface area contributed by atoms with Crippen LogP contribution in [0.2, 0.25) is 0 Å². The van der Waals surface area contributed by atoms with Crippen LogP contribution < -0.4 is 5.32 Å². The zero-order chi connectivity index (χ0) is 21.1. The van der Waals surface area contributed by atoms with Crippen molar-refractivity contribution >= 4 is 11.8 Å². The molecule has 2 aromatic carbocycles. The minimum absolute atomic E-state index is 0.00404. The summed E-state index contributed by atoms with van der Waals surface area (Å²) in [4.78, 5) is 27.5. The van der Waals surface area contributed by atoms with Gasteiger partial charge in [0.2, 0.25) is 5.91 Å². The minimum Gasteiger partial charge on any atom is -0.377 e. The summed E-state index contributed by atoms with van der Waals surface area (Å²) in [6.07, 6.45) is 2.42. The van der Waals surface area contributed by atoms with E-state index in [1.807, 2.05) is 19.1 Å². The second kappa shape index (κ2) is 8.96. The van der Waals surface area contributed by atoms with Crippen molar-refractivity contribution in [3.05, 3.63) is 71.0 Å². The number of fused-ring (bicyclic) bond motifs is 1. The highest BCUT2D eigenvalue weighted by atomic mass is 19.1. The van der Waals surface area contributed by atoms with Gasteiger partial charge in [-0.05, 0) is 49.9 Å². The van der Waals surface area contributed by atoms with Crippen molar-refractivity contribution in [2.45, 2.75) is 57.3 Å². The van der Waals surface area contributed by atoms with Crippen molar-refractivity contribution in [3.8, 4) is 0 Å². The molecule has 0 radical (unpaired) electrons. The van der Waals surface area contributed by atoms with Gasteiger partial charge in [0.25, 0.3) is 5.91 Å². The number of hydrogen-bond donors (Lipinski definition) is 1. The second-order valence-corrected chi connectivity index (χ2v) is 7.95. The molecule has 5 nitrogen and oxygen atoms in total. The topological polar surface area (TPSA) is 58.6 Å². The molecule has 2 fully saturated rings. The predicted molar refractivity (Wildman–Crippen MR) is 111 cm³/mol. The van der Waals surface area contributed by atoms with E-state index in [1.165, 1.54) is 6.07 Å². The van der Waals surface area contributed by atoms with E-state index in [1.54, 1.807) is 35.2 Å². The van der Waals surface area contributed by atoms with Gasteiger partial charge in [0.1, 0.15) is 5.82 Å². The van der Waals surface area contributed by atoms with Crippen LogP contribution in [-0.4, -0.2) is 35.4 Å². The molecule has 0 aromatic heterocycles. The van der Waals surface area contributed by atoms with Crippen molar-refractivity contribution in [1.29, 1.82) is 0 Å². The van der Waals surface area contributed by atoms with Crippen molar-refractivity contribution in [1.82, 2.24) is 10.2 Å². The van der Waals surface area contributed by atoms with Crippen LogP contribution in [0.5, 0.6) is 0 Å². The SMILES string of the molecule is CCOCc1ccc(C(=O)N2[C@@H](c3ccccc3F)C[C@@H]3NC(=O)CCC[C@H]32)cc1. The molecule has 0 aliphatic carbocycles. The fourth-order valence-corrected chi connectivity index (χ4v) is 4.61. The Morgan fingerprint density at radius 2 is 1.97 bits per heavy atom. The monoisotopic (exact) mass is 410 g/mol. The summed E-state index contributed by atoms with van der Waals surface area (Å²) in [5.74, 6) is -0.450. The molecule has 2 heterocycles. The van der Waals surface area contributed by atoms with Gasteiger partial charge in [0.05, 0.1) is 24.7 Å². The highest BCUT2D eigenvalue weighted by molar-refractivity contribution is 5.95. The van der Waals surface area contributed by atoms with Crippen LogP contribution in [0.25, 0.3) is 0 Å². The summed E-state index contributed by atoms with van der Waals surface area (Å²) in [5, 5.41) is 3.06. The average Bonchev–Trinajstić information content (AvgIpc) is 2.99. The van der Waals surface area contributed by atoms with E-state index in [0.29, 0.717) is 43.6 Å². The number of nitrogens with zero attached hydrogens (tertiary/aromatic N) is 1. The van der Waals surface area contributed by atoms with Gasteiger partial charge in [0.15, 0.2) is 0 Å². The Balaban J connectivity index is 1.66. The first-order valence-corrected chi connectivity index (χ1v) is 10.6. The first kappa shape index (κ1) is 20.5. The number of nitrogens with one attached hydrogen (secondary N) is 1. The zero-order valence-electron chi connectivity index (χ0n) is 17.1. The molecule has 2 aromatic rings. The molecule has 0 unspecified atom stereocenters. The van der Waals surface area contributed by atoms with E-state index in [-0.39, 0.29) is 29.7 Å². The maximum atomic E-state index is 14.6. The van der Waals surface area contributed by atoms with Crippen LogP contribution in [0, 0.1) is 5.82 Å². The first-order chi connectivity index (χ1) is 14.6. The van der Waals surface area contributed by atoms with E-state index in [2.05, 4.69) is 5.32 Å². The number of likely N-dealkylation sites (tertiary alicyclic amines) is 1. The van der Waals surface area contributed by atoms with Gasteiger partial charge in [-0.25, -0.2) is 4.39 Å². The number of rotatable bonds is 5. The van der Waals surface area contributed by atoms with Crippen LogP contribution in [0.4, 0.5) is 4.39 Å². The molecule has 0 bridgehead atoms. The molecule has 158 valence electrons. The zero-order valence-corrected chi connectivity index (χ0v) is 17.1. The maximum absolute atomic E-state index is 14.6. The Morgan fingerprint density at radius 1 is 1.20 bits per heavy atom. The maximum Gasteiger partial charge on any atom is 0.254 e. The number of benzene rings is 2. The molecule has 2 saturated heterocycles. The molecular weight excluding hydrogens is 383 g/mol. The van der Waals surface area contributed by atoms with Gasteiger partial charge in [-0.15, -0.1) is 0 Å². The lowest BCUT2D eigenvalue weighted by atomic mass is 10.0. The number of amides is 2. The van der Waals surface area contributed by atoms with E-state index < -0.39 is 6.04 Å². The largest absolute Gasteiger partial charge is 0.377 e. The summed E-state index contributed by atoms with van der Waals surface area (Å²) in [5.41, 5.74) is 2.06.